The molecule has 2 aromatic carbocycles. The fraction of sp³-hybridized carbons (Fsp3) is 0.458. The molecule has 0 aliphatic carbocycles. The number of amides is 1. The van der Waals surface area contributed by atoms with Gasteiger partial charge in [0.2, 0.25) is 0 Å². The molecule has 1 amide bonds. The van der Waals surface area contributed by atoms with E-state index < -0.39 is 0 Å². The second-order valence-electron chi connectivity index (χ2n) is 8.07. The molecule has 150 valence electrons. The van der Waals surface area contributed by atoms with Crippen molar-refractivity contribution in [3.8, 4) is 5.75 Å². The molecule has 28 heavy (non-hydrogen) atoms. The second kappa shape index (κ2) is 10.3. The van der Waals surface area contributed by atoms with Crippen LogP contribution in [0.1, 0.15) is 42.6 Å². The zero-order valence-electron chi connectivity index (χ0n) is 17.1. The molecule has 2 atom stereocenters. The van der Waals surface area contributed by atoms with Crippen LogP contribution in [0.3, 0.4) is 0 Å². The molecule has 1 heterocycles. The van der Waals surface area contributed by atoms with Crippen LogP contribution in [0.15, 0.2) is 54.6 Å². The van der Waals surface area contributed by atoms with Gasteiger partial charge >= 0.3 is 0 Å². The summed E-state index contributed by atoms with van der Waals surface area (Å²) in [5, 5.41) is 3.08. The third kappa shape index (κ3) is 6.10. The summed E-state index contributed by atoms with van der Waals surface area (Å²) in [7, 11) is 0. The highest BCUT2D eigenvalue weighted by molar-refractivity contribution is 5.95. The minimum absolute atomic E-state index is 0.0207. The summed E-state index contributed by atoms with van der Waals surface area (Å²) in [6.45, 7) is 9.16. The molecular weight excluding hydrogens is 348 g/mol. The number of nitrogens with one attached hydrogen (secondary N) is 1. The van der Waals surface area contributed by atoms with Crippen molar-refractivity contribution in [3.63, 3.8) is 0 Å². The lowest BCUT2D eigenvalue weighted by Crippen LogP contribution is -2.40. The molecule has 0 aromatic heterocycles. The molecule has 1 N–H and O–H groups in total. The number of hydrogen-bond acceptors (Lipinski definition) is 3. The molecule has 0 bridgehead atoms. The van der Waals surface area contributed by atoms with E-state index in [0.29, 0.717) is 18.7 Å². The van der Waals surface area contributed by atoms with Crippen LogP contribution in [0, 0.1) is 11.8 Å². The minimum Gasteiger partial charge on any atom is -0.489 e. The molecule has 4 heteroatoms. The molecular formula is C24H32N2O2. The summed E-state index contributed by atoms with van der Waals surface area (Å²) >= 11 is 0. The third-order valence-electron chi connectivity index (χ3n) is 5.28. The van der Waals surface area contributed by atoms with Crippen LogP contribution in [0.4, 0.5) is 0 Å². The Balaban J connectivity index is 1.46. The minimum atomic E-state index is -0.0207. The molecule has 1 aliphatic heterocycles. The number of piperidine rings is 1. The Morgan fingerprint density at radius 2 is 1.71 bits per heavy atom. The van der Waals surface area contributed by atoms with E-state index in [1.54, 1.807) is 0 Å². The van der Waals surface area contributed by atoms with Crippen LogP contribution in [0.5, 0.6) is 5.75 Å². The number of nitrogens with zero attached hydrogens (tertiary/aromatic N) is 1. The summed E-state index contributed by atoms with van der Waals surface area (Å²) in [4.78, 5) is 15.2. The number of carbonyl (C=O) groups is 1. The number of hydrogen-bond donors (Lipinski definition) is 1. The molecule has 1 aliphatic rings. The van der Waals surface area contributed by atoms with Gasteiger partial charge in [-0.15, -0.1) is 0 Å². The Hall–Kier alpha value is -2.33. The Kier molecular flexibility index (Phi) is 7.49. The lowest BCUT2D eigenvalue weighted by atomic mass is 9.92. The van der Waals surface area contributed by atoms with Gasteiger partial charge in [-0.05, 0) is 49.4 Å². The van der Waals surface area contributed by atoms with Crippen molar-refractivity contribution in [3.05, 3.63) is 65.7 Å². The molecule has 4 nitrogen and oxygen atoms in total. The van der Waals surface area contributed by atoms with Gasteiger partial charge < -0.3 is 15.0 Å². The van der Waals surface area contributed by atoms with Gasteiger partial charge in [0.1, 0.15) is 12.4 Å². The topological polar surface area (TPSA) is 41.6 Å². The standard InChI is InChI=1S/C24H32N2O2/c1-19-15-20(2)17-26(16-19)14-8-13-25-24(27)23-12-7-6-9-21(23)18-28-22-10-4-3-5-11-22/h3-7,9-12,19-20H,8,13-18H2,1-2H3,(H,25,27)/t19-,20-/m0/s1. The van der Waals surface area contributed by atoms with Gasteiger partial charge in [0.05, 0.1) is 0 Å². The monoisotopic (exact) mass is 380 g/mol. The van der Waals surface area contributed by atoms with E-state index in [-0.39, 0.29) is 5.91 Å². The fourth-order valence-corrected chi connectivity index (χ4v) is 4.12. The summed E-state index contributed by atoms with van der Waals surface area (Å²) in [6.07, 6.45) is 2.31. The van der Waals surface area contributed by atoms with Gasteiger partial charge in [0, 0.05) is 30.8 Å². The van der Waals surface area contributed by atoms with Crippen LogP contribution in [0.2, 0.25) is 0 Å². The first-order valence-electron chi connectivity index (χ1n) is 10.4. The Bertz CT molecular complexity index is 737. The number of ether oxygens (including phenoxy) is 1. The Morgan fingerprint density at radius 3 is 2.46 bits per heavy atom. The summed E-state index contributed by atoms with van der Waals surface area (Å²) in [6, 6.07) is 17.4. The first kappa shape index (κ1) is 20.4. The second-order valence-corrected chi connectivity index (χ2v) is 8.07. The number of benzene rings is 2. The van der Waals surface area contributed by atoms with Crippen molar-refractivity contribution in [1.29, 1.82) is 0 Å². The first-order chi connectivity index (χ1) is 13.6. The lowest BCUT2D eigenvalue weighted by Gasteiger charge is -2.34. The van der Waals surface area contributed by atoms with Crippen LogP contribution < -0.4 is 10.1 Å². The summed E-state index contributed by atoms with van der Waals surface area (Å²) in [5.41, 5.74) is 1.60. The van der Waals surface area contributed by atoms with Gasteiger partial charge in [-0.2, -0.15) is 0 Å². The largest absolute Gasteiger partial charge is 0.489 e. The highest BCUT2D eigenvalue weighted by atomic mass is 16.5. The Labute approximate surface area is 168 Å². The molecule has 0 saturated carbocycles. The van der Waals surface area contributed by atoms with Gasteiger partial charge in [-0.3, -0.25) is 4.79 Å². The molecule has 0 radical (unpaired) electrons. The number of carbonyl (C=O) groups excluding carboxylic acids is 1. The van der Waals surface area contributed by atoms with E-state index in [0.717, 1.165) is 36.1 Å². The Morgan fingerprint density at radius 1 is 1.04 bits per heavy atom. The summed E-state index contributed by atoms with van der Waals surface area (Å²) in [5.74, 6) is 2.33. The van der Waals surface area contributed by atoms with Gasteiger partial charge in [-0.25, -0.2) is 0 Å². The summed E-state index contributed by atoms with van der Waals surface area (Å²) < 4.78 is 5.82. The van der Waals surface area contributed by atoms with E-state index >= 15 is 0 Å². The number of likely N-dealkylation sites (tertiary alicyclic amines) is 1. The van der Waals surface area contributed by atoms with Crippen LogP contribution in [-0.2, 0) is 6.61 Å². The average Bonchev–Trinajstić information content (AvgIpc) is 2.70. The van der Waals surface area contributed by atoms with Gasteiger partial charge in [-0.1, -0.05) is 50.2 Å². The molecule has 1 saturated heterocycles. The molecule has 0 unspecified atom stereocenters. The normalized spacial score (nSPS) is 19.9. The van der Waals surface area contributed by atoms with Crippen molar-refractivity contribution in [2.75, 3.05) is 26.2 Å². The quantitative estimate of drug-likeness (QED) is 0.692. The average molecular weight is 381 g/mol. The maximum Gasteiger partial charge on any atom is 0.251 e. The van der Waals surface area contributed by atoms with Crippen molar-refractivity contribution in [2.24, 2.45) is 11.8 Å². The maximum atomic E-state index is 12.7. The van der Waals surface area contributed by atoms with E-state index in [2.05, 4.69) is 24.1 Å². The van der Waals surface area contributed by atoms with Crippen molar-refractivity contribution in [1.82, 2.24) is 10.2 Å². The van der Waals surface area contributed by atoms with Crippen LogP contribution >= 0.6 is 0 Å². The third-order valence-corrected chi connectivity index (χ3v) is 5.28. The number of para-hydroxylation sites is 1. The zero-order valence-corrected chi connectivity index (χ0v) is 17.1. The van der Waals surface area contributed by atoms with E-state index in [1.807, 2.05) is 54.6 Å². The van der Waals surface area contributed by atoms with Crippen LogP contribution in [-0.4, -0.2) is 37.0 Å². The van der Waals surface area contributed by atoms with Gasteiger partial charge in [0.15, 0.2) is 0 Å². The molecule has 2 aromatic rings. The van der Waals surface area contributed by atoms with E-state index in [1.165, 1.54) is 19.5 Å². The van der Waals surface area contributed by atoms with E-state index in [9.17, 15) is 4.79 Å². The van der Waals surface area contributed by atoms with E-state index in [4.69, 9.17) is 4.74 Å². The van der Waals surface area contributed by atoms with Crippen LogP contribution in [0.25, 0.3) is 0 Å². The first-order valence-corrected chi connectivity index (χ1v) is 10.4. The lowest BCUT2D eigenvalue weighted by molar-refractivity contribution is 0.0945. The molecule has 0 spiro atoms. The fourth-order valence-electron chi connectivity index (χ4n) is 4.12. The van der Waals surface area contributed by atoms with Gasteiger partial charge in [0.25, 0.3) is 5.91 Å². The van der Waals surface area contributed by atoms with Crippen molar-refractivity contribution >= 4 is 5.91 Å². The van der Waals surface area contributed by atoms with Crippen molar-refractivity contribution < 1.29 is 9.53 Å². The predicted octanol–water partition coefficient (Wildman–Crippen LogP) is 4.36. The smallest absolute Gasteiger partial charge is 0.251 e. The number of rotatable bonds is 8. The SMILES string of the molecule is C[C@H]1C[C@H](C)CN(CCCNC(=O)c2ccccc2COc2ccccc2)C1. The molecule has 1 fully saturated rings. The molecule has 3 rings (SSSR count). The zero-order chi connectivity index (χ0) is 19.8. The highest BCUT2D eigenvalue weighted by Crippen LogP contribution is 2.20. The highest BCUT2D eigenvalue weighted by Gasteiger charge is 2.21. The van der Waals surface area contributed by atoms with Crippen molar-refractivity contribution in [2.45, 2.75) is 33.3 Å². The predicted molar refractivity (Wildman–Crippen MR) is 114 cm³/mol. The maximum absolute atomic E-state index is 12.7.